The van der Waals surface area contributed by atoms with Gasteiger partial charge in [0.15, 0.2) is 0 Å². The second-order valence-corrected chi connectivity index (χ2v) is 5.04. The Morgan fingerprint density at radius 3 is 2.76 bits per heavy atom. The van der Waals surface area contributed by atoms with E-state index in [-0.39, 0.29) is 11.9 Å². The highest BCUT2D eigenvalue weighted by Gasteiger charge is 2.16. The van der Waals surface area contributed by atoms with Crippen molar-refractivity contribution in [3.63, 3.8) is 0 Å². The molecule has 1 amide bonds. The Balaban J connectivity index is 2.26. The van der Waals surface area contributed by atoms with Crippen molar-refractivity contribution >= 4 is 17.3 Å². The van der Waals surface area contributed by atoms with Crippen molar-refractivity contribution in [2.75, 3.05) is 17.7 Å². The summed E-state index contributed by atoms with van der Waals surface area (Å²) in [4.78, 5) is 12.5. The number of anilines is 2. The summed E-state index contributed by atoms with van der Waals surface area (Å²) in [6, 6.07) is 9.21. The Morgan fingerprint density at radius 2 is 2.10 bits per heavy atom. The molecule has 1 aromatic carbocycles. The first kappa shape index (κ1) is 15.0. The number of carbonyl (C=O) groups is 1. The molecular formula is C16H21N3O2. The zero-order valence-electron chi connectivity index (χ0n) is 12.6. The van der Waals surface area contributed by atoms with Crippen LogP contribution in [-0.4, -0.2) is 17.1 Å². The van der Waals surface area contributed by atoms with Gasteiger partial charge in [-0.2, -0.15) is 0 Å². The topological polar surface area (TPSA) is 69.3 Å². The van der Waals surface area contributed by atoms with E-state index >= 15 is 0 Å². The maximum atomic E-state index is 12.5. The molecule has 5 nitrogen and oxygen atoms in total. The van der Waals surface area contributed by atoms with E-state index in [2.05, 4.69) is 5.32 Å². The van der Waals surface area contributed by atoms with Crippen LogP contribution in [0.3, 0.4) is 0 Å². The number of hydrogen-bond donors (Lipinski definition) is 2. The number of para-hydroxylation sites is 2. The van der Waals surface area contributed by atoms with Gasteiger partial charge in [-0.25, -0.2) is 0 Å². The van der Waals surface area contributed by atoms with Crippen LogP contribution in [0.25, 0.3) is 0 Å². The summed E-state index contributed by atoms with van der Waals surface area (Å²) >= 11 is 0. The van der Waals surface area contributed by atoms with Gasteiger partial charge >= 0.3 is 0 Å². The molecule has 0 aliphatic rings. The predicted octanol–water partition coefficient (Wildman–Crippen LogP) is 3.30. The predicted molar refractivity (Wildman–Crippen MR) is 84.8 cm³/mol. The molecule has 0 radical (unpaired) electrons. The lowest BCUT2D eigenvalue weighted by Gasteiger charge is -2.14. The van der Waals surface area contributed by atoms with Gasteiger partial charge in [-0.1, -0.05) is 12.1 Å². The lowest BCUT2D eigenvalue weighted by atomic mass is 10.2. The Hall–Kier alpha value is -2.43. The number of nitrogens with two attached hydrogens (primary N) is 1. The maximum absolute atomic E-state index is 12.5. The Kier molecular flexibility index (Phi) is 4.52. The summed E-state index contributed by atoms with van der Waals surface area (Å²) in [6.45, 7) is 6.46. The Labute approximate surface area is 124 Å². The number of hydrogen-bond acceptors (Lipinski definition) is 3. The normalized spacial score (nSPS) is 10.7. The molecule has 1 aromatic heterocycles. The Morgan fingerprint density at radius 1 is 1.38 bits per heavy atom. The molecule has 21 heavy (non-hydrogen) atoms. The number of nitrogen functional groups attached to an aromatic ring is 1. The average molecular weight is 287 g/mol. The highest BCUT2D eigenvalue weighted by molar-refractivity contribution is 6.04. The molecule has 0 saturated heterocycles. The van der Waals surface area contributed by atoms with Crippen LogP contribution in [0, 0.1) is 0 Å². The average Bonchev–Trinajstić information content (AvgIpc) is 2.84. The molecule has 2 rings (SSSR count). The van der Waals surface area contributed by atoms with E-state index in [1.165, 1.54) is 0 Å². The molecule has 0 spiro atoms. The molecule has 112 valence electrons. The minimum atomic E-state index is -0.201. The summed E-state index contributed by atoms with van der Waals surface area (Å²) in [6.07, 6.45) is 1.77. The highest BCUT2D eigenvalue weighted by atomic mass is 16.5. The summed E-state index contributed by atoms with van der Waals surface area (Å²) in [5.41, 5.74) is 7.56. The molecule has 0 bridgehead atoms. The van der Waals surface area contributed by atoms with Crippen LogP contribution in [0.5, 0.6) is 5.75 Å². The first-order valence-corrected chi connectivity index (χ1v) is 7.03. The molecule has 0 fully saturated rings. The van der Waals surface area contributed by atoms with E-state index in [9.17, 15) is 4.79 Å². The van der Waals surface area contributed by atoms with E-state index in [0.29, 0.717) is 29.4 Å². The molecule has 0 unspecified atom stereocenters. The van der Waals surface area contributed by atoms with Crippen molar-refractivity contribution in [1.82, 2.24) is 4.57 Å². The summed E-state index contributed by atoms with van der Waals surface area (Å²) < 4.78 is 7.37. The number of amides is 1. The third kappa shape index (κ3) is 3.37. The van der Waals surface area contributed by atoms with Gasteiger partial charge in [-0.3, -0.25) is 4.79 Å². The molecule has 5 heteroatoms. The number of carbonyl (C=O) groups excluding carboxylic acids is 1. The van der Waals surface area contributed by atoms with Crippen molar-refractivity contribution in [2.24, 2.45) is 0 Å². The molecule has 0 aliphatic heterocycles. The molecule has 1 heterocycles. The SMILES string of the molecule is CCOc1ccccc1NC(=O)c1cc(N)cn1C(C)C. The van der Waals surface area contributed by atoms with Gasteiger partial charge in [0.2, 0.25) is 0 Å². The van der Waals surface area contributed by atoms with Gasteiger partial charge in [0.05, 0.1) is 18.0 Å². The second-order valence-electron chi connectivity index (χ2n) is 5.04. The third-order valence-corrected chi connectivity index (χ3v) is 3.09. The van der Waals surface area contributed by atoms with Crippen molar-refractivity contribution in [3.05, 3.63) is 42.2 Å². The van der Waals surface area contributed by atoms with Crippen LogP contribution in [-0.2, 0) is 0 Å². The second kappa shape index (κ2) is 6.35. The number of nitrogens with one attached hydrogen (secondary N) is 1. The first-order valence-electron chi connectivity index (χ1n) is 7.03. The fourth-order valence-electron chi connectivity index (χ4n) is 2.15. The summed E-state index contributed by atoms with van der Waals surface area (Å²) in [5.74, 6) is 0.455. The van der Waals surface area contributed by atoms with E-state index in [4.69, 9.17) is 10.5 Å². The smallest absolute Gasteiger partial charge is 0.272 e. The standard InChI is InChI=1S/C16H21N3O2/c1-4-21-15-8-6-5-7-13(15)18-16(20)14-9-12(17)10-19(14)11(2)3/h5-11H,4,17H2,1-3H3,(H,18,20). The lowest BCUT2D eigenvalue weighted by molar-refractivity contribution is 0.101. The van der Waals surface area contributed by atoms with Gasteiger partial charge in [-0.15, -0.1) is 0 Å². The van der Waals surface area contributed by atoms with Gasteiger partial charge in [-0.05, 0) is 39.0 Å². The Bertz CT molecular complexity index is 632. The van der Waals surface area contributed by atoms with Crippen molar-refractivity contribution in [1.29, 1.82) is 0 Å². The summed E-state index contributed by atoms with van der Waals surface area (Å²) in [7, 11) is 0. The molecule has 3 N–H and O–H groups in total. The molecule has 0 aliphatic carbocycles. The fourth-order valence-corrected chi connectivity index (χ4v) is 2.15. The zero-order valence-corrected chi connectivity index (χ0v) is 12.6. The third-order valence-electron chi connectivity index (χ3n) is 3.09. The van der Waals surface area contributed by atoms with Crippen LogP contribution < -0.4 is 15.8 Å². The maximum Gasteiger partial charge on any atom is 0.272 e. The van der Waals surface area contributed by atoms with Crippen LogP contribution in [0.2, 0.25) is 0 Å². The van der Waals surface area contributed by atoms with Gasteiger partial charge in [0, 0.05) is 12.2 Å². The van der Waals surface area contributed by atoms with Gasteiger partial charge in [0.25, 0.3) is 5.91 Å². The number of nitrogens with zero attached hydrogens (tertiary/aromatic N) is 1. The minimum Gasteiger partial charge on any atom is -0.492 e. The van der Waals surface area contributed by atoms with Crippen molar-refractivity contribution in [2.45, 2.75) is 26.8 Å². The first-order chi connectivity index (χ1) is 10.0. The van der Waals surface area contributed by atoms with Crippen molar-refractivity contribution < 1.29 is 9.53 Å². The van der Waals surface area contributed by atoms with Crippen LogP contribution >= 0.6 is 0 Å². The monoisotopic (exact) mass is 287 g/mol. The van der Waals surface area contributed by atoms with Crippen LogP contribution in [0.1, 0.15) is 37.3 Å². The van der Waals surface area contributed by atoms with E-state index in [0.717, 1.165) is 0 Å². The molecular weight excluding hydrogens is 266 g/mol. The zero-order chi connectivity index (χ0) is 15.4. The summed E-state index contributed by atoms with van der Waals surface area (Å²) in [5, 5.41) is 2.88. The van der Waals surface area contributed by atoms with Gasteiger partial charge < -0.3 is 20.4 Å². The number of ether oxygens (including phenoxy) is 1. The quantitative estimate of drug-likeness (QED) is 0.886. The van der Waals surface area contributed by atoms with Crippen molar-refractivity contribution in [3.8, 4) is 5.75 Å². The highest BCUT2D eigenvalue weighted by Crippen LogP contribution is 2.25. The molecule has 0 saturated carbocycles. The molecule has 0 atom stereocenters. The van der Waals surface area contributed by atoms with E-state index in [1.807, 2.05) is 49.6 Å². The number of benzene rings is 1. The minimum absolute atomic E-state index is 0.158. The van der Waals surface area contributed by atoms with Crippen LogP contribution in [0.15, 0.2) is 36.5 Å². The van der Waals surface area contributed by atoms with Crippen LogP contribution in [0.4, 0.5) is 11.4 Å². The van der Waals surface area contributed by atoms with E-state index < -0.39 is 0 Å². The van der Waals surface area contributed by atoms with Gasteiger partial charge in [0.1, 0.15) is 11.4 Å². The largest absolute Gasteiger partial charge is 0.492 e. The number of rotatable bonds is 5. The molecule has 2 aromatic rings. The lowest BCUT2D eigenvalue weighted by Crippen LogP contribution is -2.18. The van der Waals surface area contributed by atoms with E-state index in [1.54, 1.807) is 12.3 Å². The number of aromatic nitrogens is 1. The fraction of sp³-hybridized carbons (Fsp3) is 0.312.